The first-order valence-electron chi connectivity index (χ1n) is 9.14. The molecule has 0 unspecified atom stereocenters. The second-order valence-corrected chi connectivity index (χ2v) is 9.10. The minimum absolute atomic E-state index is 0.0363. The minimum Gasteiger partial charge on any atom is -0.352 e. The molecule has 3 aromatic rings. The first-order chi connectivity index (χ1) is 14.3. The zero-order valence-electron chi connectivity index (χ0n) is 15.7. The molecule has 10 heteroatoms. The highest BCUT2D eigenvalue weighted by atomic mass is 35.5. The lowest BCUT2D eigenvalue weighted by Crippen LogP contribution is -2.49. The maximum absolute atomic E-state index is 13.3. The van der Waals surface area contributed by atoms with Gasteiger partial charge in [0.05, 0.1) is 15.6 Å². The van der Waals surface area contributed by atoms with Crippen LogP contribution < -0.4 is 4.90 Å². The van der Waals surface area contributed by atoms with Crippen LogP contribution in [-0.4, -0.2) is 49.1 Å². The lowest BCUT2D eigenvalue weighted by atomic mass is 10.1. The zero-order chi connectivity index (χ0) is 21.3. The summed E-state index contributed by atoms with van der Waals surface area (Å²) in [5.74, 6) is -0.357. The summed E-state index contributed by atoms with van der Waals surface area (Å²) in [7, 11) is -3.76. The van der Waals surface area contributed by atoms with E-state index in [1.165, 1.54) is 22.5 Å². The Bertz CT molecular complexity index is 1150. The van der Waals surface area contributed by atoms with Gasteiger partial charge in [0.25, 0.3) is 0 Å². The van der Waals surface area contributed by atoms with Crippen molar-refractivity contribution in [3.8, 4) is 11.3 Å². The molecule has 1 aromatic heterocycles. The Kier molecular flexibility index (Phi) is 5.68. The van der Waals surface area contributed by atoms with Gasteiger partial charge in [-0.25, -0.2) is 17.2 Å². The Morgan fingerprint density at radius 3 is 2.17 bits per heavy atom. The van der Waals surface area contributed by atoms with E-state index in [4.69, 9.17) is 11.6 Å². The number of hydrogen-bond acceptors (Lipinski definition) is 5. The van der Waals surface area contributed by atoms with Crippen LogP contribution in [0.5, 0.6) is 0 Å². The summed E-state index contributed by atoms with van der Waals surface area (Å²) in [6.07, 6.45) is 0. The average molecular weight is 451 g/mol. The van der Waals surface area contributed by atoms with Crippen LogP contribution in [0.1, 0.15) is 0 Å². The van der Waals surface area contributed by atoms with Crippen molar-refractivity contribution in [3.63, 3.8) is 0 Å². The Hall–Kier alpha value is -2.62. The Labute approximate surface area is 177 Å². The minimum atomic E-state index is -3.76. The number of piperazine rings is 1. The molecule has 6 nitrogen and oxygen atoms in total. The average Bonchev–Trinajstić information content (AvgIpc) is 2.76. The molecule has 1 aliphatic heterocycles. The fourth-order valence-electron chi connectivity index (χ4n) is 3.21. The number of halogens is 3. The molecule has 1 aliphatic rings. The molecule has 156 valence electrons. The molecule has 4 rings (SSSR count). The van der Waals surface area contributed by atoms with Crippen molar-refractivity contribution < 1.29 is 17.2 Å². The highest BCUT2D eigenvalue weighted by Crippen LogP contribution is 2.24. The fraction of sp³-hybridized carbons (Fsp3) is 0.200. The van der Waals surface area contributed by atoms with Gasteiger partial charge in [0, 0.05) is 31.7 Å². The van der Waals surface area contributed by atoms with Crippen molar-refractivity contribution in [1.82, 2.24) is 14.5 Å². The predicted molar refractivity (Wildman–Crippen MR) is 110 cm³/mol. The summed E-state index contributed by atoms with van der Waals surface area (Å²) in [4.78, 5) is 1.90. The first kappa shape index (κ1) is 20.6. The van der Waals surface area contributed by atoms with Gasteiger partial charge in [0.2, 0.25) is 10.0 Å². The monoisotopic (exact) mass is 450 g/mol. The Morgan fingerprint density at radius 1 is 0.867 bits per heavy atom. The molecule has 0 N–H and O–H groups in total. The fourth-order valence-corrected chi connectivity index (χ4v) is 4.91. The van der Waals surface area contributed by atoms with Gasteiger partial charge >= 0.3 is 0 Å². The molecule has 0 radical (unpaired) electrons. The maximum atomic E-state index is 13.3. The Morgan fingerprint density at radius 2 is 1.57 bits per heavy atom. The van der Waals surface area contributed by atoms with Crippen molar-refractivity contribution in [2.75, 3.05) is 31.1 Å². The highest BCUT2D eigenvalue weighted by molar-refractivity contribution is 7.89. The molecule has 0 amide bonds. The van der Waals surface area contributed by atoms with Crippen molar-refractivity contribution >= 4 is 27.4 Å². The summed E-state index contributed by atoms with van der Waals surface area (Å²) < 4.78 is 53.3. The van der Waals surface area contributed by atoms with Gasteiger partial charge < -0.3 is 4.90 Å². The van der Waals surface area contributed by atoms with Crippen LogP contribution in [0, 0.1) is 11.6 Å². The van der Waals surface area contributed by atoms with Crippen molar-refractivity contribution in [2.24, 2.45) is 0 Å². The number of anilines is 1. The van der Waals surface area contributed by atoms with Gasteiger partial charge in [-0.05, 0) is 54.6 Å². The van der Waals surface area contributed by atoms with Crippen LogP contribution in [0.25, 0.3) is 11.3 Å². The van der Waals surface area contributed by atoms with Crippen LogP contribution in [0.2, 0.25) is 5.02 Å². The smallest absolute Gasteiger partial charge is 0.243 e. The third-order valence-corrected chi connectivity index (χ3v) is 7.07. The van der Waals surface area contributed by atoms with Gasteiger partial charge in [0.15, 0.2) is 5.82 Å². The van der Waals surface area contributed by atoms with Gasteiger partial charge in [-0.3, -0.25) is 0 Å². The second kappa shape index (κ2) is 8.25. The standard InChI is InChI=1S/C20H17ClF2N4O2S/c21-17-13-16(5-6-18(17)23)30(28,29)27-11-9-26(10-12-27)20-8-7-19(24-25-20)14-1-3-15(22)4-2-14/h1-8,13H,9-12H2. The van der Waals surface area contributed by atoms with Crippen molar-refractivity contribution in [3.05, 3.63) is 71.3 Å². The van der Waals surface area contributed by atoms with Crippen LogP contribution in [-0.2, 0) is 10.0 Å². The molecule has 0 spiro atoms. The number of aromatic nitrogens is 2. The van der Waals surface area contributed by atoms with E-state index in [1.807, 2.05) is 4.90 Å². The number of hydrogen-bond donors (Lipinski definition) is 0. The third kappa shape index (κ3) is 4.14. The number of nitrogens with zero attached hydrogens (tertiary/aromatic N) is 4. The molecular formula is C20H17ClF2N4O2S. The summed E-state index contributed by atoms with van der Waals surface area (Å²) in [5, 5.41) is 8.18. The zero-order valence-corrected chi connectivity index (χ0v) is 17.2. The first-order valence-corrected chi connectivity index (χ1v) is 11.0. The van der Waals surface area contributed by atoms with E-state index in [0.29, 0.717) is 24.6 Å². The summed E-state index contributed by atoms with van der Waals surface area (Å²) in [6.45, 7) is 1.36. The summed E-state index contributed by atoms with van der Waals surface area (Å²) in [5.41, 5.74) is 1.37. The van der Waals surface area contributed by atoms with E-state index >= 15 is 0 Å². The molecule has 2 heterocycles. The second-order valence-electron chi connectivity index (χ2n) is 6.75. The largest absolute Gasteiger partial charge is 0.352 e. The van der Waals surface area contributed by atoms with E-state index < -0.39 is 15.8 Å². The molecule has 1 fully saturated rings. The van der Waals surface area contributed by atoms with Gasteiger partial charge in [-0.15, -0.1) is 10.2 Å². The molecule has 0 saturated carbocycles. The number of benzene rings is 2. The van der Waals surface area contributed by atoms with E-state index in [2.05, 4.69) is 10.2 Å². The summed E-state index contributed by atoms with van der Waals surface area (Å²) >= 11 is 5.73. The third-order valence-electron chi connectivity index (χ3n) is 4.88. The van der Waals surface area contributed by atoms with E-state index in [1.54, 1.807) is 24.3 Å². The van der Waals surface area contributed by atoms with Gasteiger partial charge in [-0.2, -0.15) is 4.31 Å². The normalized spacial score (nSPS) is 15.4. The van der Waals surface area contributed by atoms with Crippen LogP contribution in [0.15, 0.2) is 59.5 Å². The van der Waals surface area contributed by atoms with Crippen molar-refractivity contribution in [2.45, 2.75) is 4.90 Å². The predicted octanol–water partition coefficient (Wildman–Crippen LogP) is 3.59. The lowest BCUT2D eigenvalue weighted by Gasteiger charge is -2.34. The molecule has 30 heavy (non-hydrogen) atoms. The van der Waals surface area contributed by atoms with E-state index in [9.17, 15) is 17.2 Å². The molecular weight excluding hydrogens is 434 g/mol. The lowest BCUT2D eigenvalue weighted by molar-refractivity contribution is 0.383. The Balaban J connectivity index is 1.44. The topological polar surface area (TPSA) is 66.4 Å². The SMILES string of the molecule is O=S(=O)(c1ccc(F)c(Cl)c1)N1CCN(c2ccc(-c3ccc(F)cc3)nn2)CC1. The van der Waals surface area contributed by atoms with Crippen molar-refractivity contribution in [1.29, 1.82) is 0 Å². The van der Waals surface area contributed by atoms with Crippen LogP contribution in [0.4, 0.5) is 14.6 Å². The number of sulfonamides is 1. The van der Waals surface area contributed by atoms with Gasteiger partial charge in [-0.1, -0.05) is 11.6 Å². The quantitative estimate of drug-likeness (QED) is 0.607. The van der Waals surface area contributed by atoms with Crippen LogP contribution >= 0.6 is 11.6 Å². The molecule has 0 atom stereocenters. The van der Waals surface area contributed by atoms with Gasteiger partial charge in [0.1, 0.15) is 11.6 Å². The molecule has 0 bridgehead atoms. The number of rotatable bonds is 4. The summed E-state index contributed by atoms with van der Waals surface area (Å²) in [6, 6.07) is 13.0. The molecule has 0 aliphatic carbocycles. The van der Waals surface area contributed by atoms with E-state index in [-0.39, 0.29) is 28.8 Å². The van der Waals surface area contributed by atoms with E-state index in [0.717, 1.165) is 17.7 Å². The highest BCUT2D eigenvalue weighted by Gasteiger charge is 2.29. The molecule has 1 saturated heterocycles. The van der Waals surface area contributed by atoms with Crippen LogP contribution in [0.3, 0.4) is 0 Å². The molecule has 2 aromatic carbocycles. The maximum Gasteiger partial charge on any atom is 0.243 e.